The highest BCUT2D eigenvalue weighted by Crippen LogP contribution is 2.47. The van der Waals surface area contributed by atoms with Gasteiger partial charge in [0, 0.05) is 13.2 Å². The van der Waals surface area contributed by atoms with E-state index in [9.17, 15) is 9.59 Å². The van der Waals surface area contributed by atoms with Crippen molar-refractivity contribution >= 4 is 11.7 Å². The minimum atomic E-state index is -0.438. The highest BCUT2D eigenvalue weighted by molar-refractivity contribution is 6.11. The number of hydrogen-bond donors (Lipinski definition) is 0. The Balaban J connectivity index is 1.56. The van der Waals surface area contributed by atoms with Crippen LogP contribution in [0.5, 0.6) is 5.75 Å². The van der Waals surface area contributed by atoms with Crippen molar-refractivity contribution in [3.05, 3.63) is 41.2 Å². The molecule has 3 aliphatic heterocycles. The number of Topliss-reactive ketones (excluding diaryl/α,β-unsaturated/α-hetero) is 1. The van der Waals surface area contributed by atoms with Gasteiger partial charge in [0.05, 0.1) is 30.7 Å². The van der Waals surface area contributed by atoms with Gasteiger partial charge in [-0.15, -0.1) is 0 Å². The Morgan fingerprint density at radius 1 is 1.14 bits per heavy atom. The Kier molecular flexibility index (Phi) is 4.82. The van der Waals surface area contributed by atoms with Gasteiger partial charge < -0.3 is 19.1 Å². The van der Waals surface area contributed by atoms with E-state index in [0.717, 1.165) is 50.7 Å². The average Bonchev–Trinajstić information content (AvgIpc) is 3.36. The zero-order valence-electron chi connectivity index (χ0n) is 16.8. The Labute approximate surface area is 170 Å². The van der Waals surface area contributed by atoms with Crippen LogP contribution in [0.1, 0.15) is 50.1 Å². The number of methoxy groups -OCH3 is 1. The van der Waals surface area contributed by atoms with Gasteiger partial charge in [0.1, 0.15) is 11.9 Å². The minimum absolute atomic E-state index is 0.00536. The summed E-state index contributed by atoms with van der Waals surface area (Å²) in [6.07, 6.45) is 5.54. The molecule has 1 saturated heterocycles. The molecule has 4 aliphatic rings. The number of carbonyl (C=O) groups excluding carboxylic acids is 2. The first-order chi connectivity index (χ1) is 14.2. The van der Waals surface area contributed by atoms with Crippen LogP contribution in [0.15, 0.2) is 35.6 Å². The van der Waals surface area contributed by atoms with E-state index in [2.05, 4.69) is 0 Å². The lowest BCUT2D eigenvalue weighted by atomic mass is 9.77. The van der Waals surface area contributed by atoms with Gasteiger partial charge >= 0.3 is 0 Å². The summed E-state index contributed by atoms with van der Waals surface area (Å²) in [6.45, 7) is 1.20. The monoisotopic (exact) mass is 397 g/mol. The van der Waals surface area contributed by atoms with Crippen LogP contribution in [0.25, 0.3) is 0 Å². The van der Waals surface area contributed by atoms with Gasteiger partial charge in [-0.25, -0.2) is 0 Å². The molecule has 154 valence electrons. The molecule has 1 saturated carbocycles. The molecular formula is C23H27NO5. The Morgan fingerprint density at radius 2 is 2.00 bits per heavy atom. The zero-order valence-corrected chi connectivity index (χ0v) is 16.8. The van der Waals surface area contributed by atoms with E-state index in [-0.39, 0.29) is 35.6 Å². The van der Waals surface area contributed by atoms with E-state index in [4.69, 9.17) is 14.2 Å². The van der Waals surface area contributed by atoms with E-state index in [1.165, 1.54) is 0 Å². The minimum Gasteiger partial charge on any atom is -0.497 e. The molecule has 0 spiro atoms. The molecular weight excluding hydrogens is 370 g/mol. The first-order valence-electron chi connectivity index (χ1n) is 10.7. The van der Waals surface area contributed by atoms with Gasteiger partial charge in [0.2, 0.25) is 0 Å². The average molecular weight is 397 g/mol. The first kappa shape index (κ1) is 18.7. The van der Waals surface area contributed by atoms with Gasteiger partial charge in [-0.3, -0.25) is 9.59 Å². The molecule has 0 radical (unpaired) electrons. The van der Waals surface area contributed by atoms with E-state index in [1.54, 1.807) is 12.0 Å². The van der Waals surface area contributed by atoms with Gasteiger partial charge in [0.15, 0.2) is 11.5 Å². The van der Waals surface area contributed by atoms with Crippen molar-refractivity contribution < 1.29 is 23.8 Å². The lowest BCUT2D eigenvalue weighted by molar-refractivity contribution is -0.136. The second-order valence-electron chi connectivity index (χ2n) is 8.43. The molecule has 0 bridgehead atoms. The predicted octanol–water partition coefficient (Wildman–Crippen LogP) is 3.17. The second kappa shape index (κ2) is 7.48. The van der Waals surface area contributed by atoms with Gasteiger partial charge in [-0.2, -0.15) is 0 Å². The highest BCUT2D eigenvalue weighted by Gasteiger charge is 2.52. The molecule has 1 aromatic rings. The van der Waals surface area contributed by atoms with Crippen molar-refractivity contribution in [3.63, 3.8) is 0 Å². The van der Waals surface area contributed by atoms with E-state index >= 15 is 0 Å². The third-order valence-corrected chi connectivity index (χ3v) is 6.69. The number of fused-ring (bicyclic) bond motifs is 1. The van der Waals surface area contributed by atoms with Crippen LogP contribution in [-0.4, -0.2) is 49.1 Å². The van der Waals surface area contributed by atoms with Crippen LogP contribution in [0.2, 0.25) is 0 Å². The van der Waals surface area contributed by atoms with Crippen molar-refractivity contribution in [2.75, 3.05) is 20.3 Å². The molecule has 4 atom stereocenters. The molecule has 4 unspecified atom stereocenters. The fourth-order valence-electron chi connectivity index (χ4n) is 5.25. The smallest absolute Gasteiger partial charge is 0.290 e. The summed E-state index contributed by atoms with van der Waals surface area (Å²) in [5, 5.41) is 0. The summed E-state index contributed by atoms with van der Waals surface area (Å²) in [5.74, 6) is 0.753. The van der Waals surface area contributed by atoms with Crippen LogP contribution in [-0.2, 0) is 19.1 Å². The number of benzene rings is 1. The zero-order chi connectivity index (χ0) is 20.0. The van der Waals surface area contributed by atoms with Crippen molar-refractivity contribution in [1.29, 1.82) is 0 Å². The first-order valence-corrected chi connectivity index (χ1v) is 10.7. The van der Waals surface area contributed by atoms with E-state index < -0.39 is 6.04 Å². The predicted molar refractivity (Wildman–Crippen MR) is 105 cm³/mol. The maximum absolute atomic E-state index is 13.5. The van der Waals surface area contributed by atoms with Gasteiger partial charge in [0.25, 0.3) is 5.91 Å². The molecule has 1 aliphatic carbocycles. The third-order valence-electron chi connectivity index (χ3n) is 6.69. The molecule has 3 heterocycles. The molecule has 2 fully saturated rings. The number of rotatable bonds is 4. The molecule has 0 N–H and O–H groups in total. The maximum atomic E-state index is 13.5. The van der Waals surface area contributed by atoms with Crippen molar-refractivity contribution in [3.8, 4) is 5.75 Å². The fourth-order valence-corrected chi connectivity index (χ4v) is 5.25. The van der Waals surface area contributed by atoms with Crippen LogP contribution in [0, 0.1) is 5.92 Å². The van der Waals surface area contributed by atoms with Crippen LogP contribution in [0.4, 0.5) is 0 Å². The number of ether oxygens (including phenoxy) is 3. The summed E-state index contributed by atoms with van der Waals surface area (Å²) in [6, 6.07) is 7.21. The number of amides is 1. The van der Waals surface area contributed by atoms with E-state index in [1.807, 2.05) is 24.3 Å². The molecule has 29 heavy (non-hydrogen) atoms. The lowest BCUT2D eigenvalue weighted by Crippen LogP contribution is -2.39. The highest BCUT2D eigenvalue weighted by atomic mass is 16.5. The number of ketones is 1. The molecule has 6 heteroatoms. The molecule has 1 amide bonds. The largest absolute Gasteiger partial charge is 0.497 e. The van der Waals surface area contributed by atoms with Crippen LogP contribution in [0.3, 0.4) is 0 Å². The molecule has 1 aromatic carbocycles. The Hall–Kier alpha value is -2.34. The van der Waals surface area contributed by atoms with Crippen LogP contribution >= 0.6 is 0 Å². The summed E-state index contributed by atoms with van der Waals surface area (Å²) in [7, 11) is 1.62. The fraction of sp³-hybridized carbons (Fsp3) is 0.565. The summed E-state index contributed by atoms with van der Waals surface area (Å²) in [4.78, 5) is 28.7. The number of carbonyl (C=O) groups is 2. The van der Waals surface area contributed by atoms with Crippen molar-refractivity contribution in [2.24, 2.45) is 5.92 Å². The maximum Gasteiger partial charge on any atom is 0.290 e. The third kappa shape index (κ3) is 3.14. The number of hydrogen-bond acceptors (Lipinski definition) is 5. The molecule has 5 rings (SSSR count). The SMILES string of the molecule is COc1cccc(C2C3=C(OC4CCCCC4C3=O)C(=O)N2CC2CCCO2)c1. The molecule has 0 aromatic heterocycles. The van der Waals surface area contributed by atoms with Gasteiger partial charge in [-0.05, 0) is 49.8 Å². The summed E-state index contributed by atoms with van der Waals surface area (Å²) in [5.41, 5.74) is 1.41. The number of nitrogens with zero attached hydrogens (tertiary/aromatic N) is 1. The topological polar surface area (TPSA) is 65.1 Å². The van der Waals surface area contributed by atoms with Crippen molar-refractivity contribution in [2.45, 2.75) is 56.8 Å². The molecule has 6 nitrogen and oxygen atoms in total. The Bertz CT molecular complexity index is 857. The van der Waals surface area contributed by atoms with Gasteiger partial charge in [-0.1, -0.05) is 18.6 Å². The quantitative estimate of drug-likeness (QED) is 0.781. The van der Waals surface area contributed by atoms with Crippen molar-refractivity contribution in [1.82, 2.24) is 4.90 Å². The summed E-state index contributed by atoms with van der Waals surface area (Å²) >= 11 is 0. The lowest BCUT2D eigenvalue weighted by Gasteiger charge is -2.35. The standard InChI is InChI=1S/C23H27NO5/c1-27-15-7-4-6-14(12-15)20-19-21(25)17-9-2-3-10-18(17)29-22(19)23(26)24(20)13-16-8-5-11-28-16/h4,6-7,12,16-18,20H,2-3,5,8-11,13H2,1H3. The van der Waals surface area contributed by atoms with E-state index in [0.29, 0.717) is 17.9 Å². The second-order valence-corrected chi connectivity index (χ2v) is 8.43. The Morgan fingerprint density at radius 3 is 2.79 bits per heavy atom. The van der Waals surface area contributed by atoms with Crippen LogP contribution < -0.4 is 4.74 Å². The normalized spacial score (nSPS) is 31.6. The summed E-state index contributed by atoms with van der Waals surface area (Å²) < 4.78 is 17.4.